The topological polar surface area (TPSA) is 73.9 Å². The van der Waals surface area contributed by atoms with E-state index >= 15 is 0 Å². The van der Waals surface area contributed by atoms with Crippen molar-refractivity contribution in [1.82, 2.24) is 0 Å². The fourth-order valence-corrected chi connectivity index (χ4v) is 1.83. The van der Waals surface area contributed by atoms with Crippen LogP contribution >= 0.6 is 0 Å². The van der Waals surface area contributed by atoms with Gasteiger partial charge in [0.15, 0.2) is 6.79 Å². The van der Waals surface area contributed by atoms with E-state index in [1.54, 1.807) is 12.1 Å². The van der Waals surface area contributed by atoms with E-state index in [0.29, 0.717) is 23.4 Å². The van der Waals surface area contributed by atoms with Crippen LogP contribution in [0.3, 0.4) is 0 Å². The number of carbonyl (C=O) groups excluding carboxylic acids is 2. The number of methoxy groups -OCH3 is 2. The van der Waals surface area contributed by atoms with Crippen LogP contribution in [0.2, 0.25) is 0 Å². The maximum Gasteiger partial charge on any atom is 0.341 e. The average Bonchev–Trinajstić information content (AvgIpc) is 2.46. The zero-order chi connectivity index (χ0) is 15.8. The molecule has 0 fully saturated rings. The second-order valence-electron chi connectivity index (χ2n) is 4.18. The Morgan fingerprint density at radius 3 is 2.57 bits per heavy atom. The molecule has 6 heteroatoms. The quantitative estimate of drug-likeness (QED) is 0.473. The van der Waals surface area contributed by atoms with Crippen LogP contribution in [0, 0.1) is 0 Å². The van der Waals surface area contributed by atoms with E-state index in [0.717, 1.165) is 0 Å². The van der Waals surface area contributed by atoms with Gasteiger partial charge < -0.3 is 19.5 Å². The number of hydrogen-bond donors (Lipinski definition) is 1. The molecule has 0 aliphatic rings. The Morgan fingerprint density at radius 1 is 1.33 bits per heavy atom. The second kappa shape index (κ2) is 8.06. The smallest absolute Gasteiger partial charge is 0.341 e. The highest BCUT2D eigenvalue weighted by molar-refractivity contribution is 5.96. The van der Waals surface area contributed by atoms with Crippen molar-refractivity contribution in [2.45, 2.75) is 13.3 Å². The van der Waals surface area contributed by atoms with E-state index in [4.69, 9.17) is 14.2 Å². The molecule has 0 spiro atoms. The van der Waals surface area contributed by atoms with Gasteiger partial charge in [0.25, 0.3) is 0 Å². The number of amides is 1. The minimum absolute atomic E-state index is 0.0301. The molecule has 0 aliphatic heterocycles. The van der Waals surface area contributed by atoms with E-state index < -0.39 is 5.97 Å². The molecule has 6 nitrogen and oxygen atoms in total. The molecule has 0 aromatic heterocycles. The molecule has 1 aromatic rings. The first-order valence-electron chi connectivity index (χ1n) is 6.29. The molecule has 0 saturated carbocycles. The fourth-order valence-electron chi connectivity index (χ4n) is 1.83. The van der Waals surface area contributed by atoms with Crippen LogP contribution in [0.25, 0.3) is 0 Å². The molecule has 21 heavy (non-hydrogen) atoms. The van der Waals surface area contributed by atoms with Gasteiger partial charge in [0.1, 0.15) is 11.3 Å². The van der Waals surface area contributed by atoms with Gasteiger partial charge in [-0.05, 0) is 18.6 Å². The summed E-state index contributed by atoms with van der Waals surface area (Å²) >= 11 is 0. The summed E-state index contributed by atoms with van der Waals surface area (Å²) in [7, 11) is 2.76. The highest BCUT2D eigenvalue weighted by atomic mass is 16.7. The molecule has 0 aliphatic carbocycles. The molecular weight excluding hydrogens is 274 g/mol. The molecule has 1 aromatic carbocycles. The molecule has 114 valence electrons. The van der Waals surface area contributed by atoms with Crippen LogP contribution in [-0.2, 0) is 20.7 Å². The lowest BCUT2D eigenvalue weighted by Gasteiger charge is -2.17. The van der Waals surface area contributed by atoms with Gasteiger partial charge >= 0.3 is 5.97 Å². The van der Waals surface area contributed by atoms with Crippen molar-refractivity contribution >= 4 is 17.6 Å². The number of rotatable bonds is 7. The maximum absolute atomic E-state index is 11.8. The lowest BCUT2D eigenvalue weighted by molar-refractivity contribution is -0.114. The molecule has 1 N–H and O–H groups in total. The highest BCUT2D eigenvalue weighted by Crippen LogP contribution is 2.32. The molecule has 1 rings (SSSR count). The third-order valence-corrected chi connectivity index (χ3v) is 2.65. The van der Waals surface area contributed by atoms with Crippen LogP contribution in [0.5, 0.6) is 5.75 Å². The van der Waals surface area contributed by atoms with Crippen molar-refractivity contribution in [3.8, 4) is 5.75 Å². The highest BCUT2D eigenvalue weighted by Gasteiger charge is 2.20. The van der Waals surface area contributed by atoms with Crippen LogP contribution in [0.1, 0.15) is 22.8 Å². The summed E-state index contributed by atoms with van der Waals surface area (Å²) in [6, 6.07) is 3.17. The van der Waals surface area contributed by atoms with Crippen molar-refractivity contribution in [2.75, 3.05) is 26.3 Å². The number of esters is 1. The SMILES string of the molecule is C=CCc1c(NC(C)=O)ccc(C(=O)OC)c1OCOC. The summed E-state index contributed by atoms with van der Waals surface area (Å²) < 4.78 is 15.1. The summed E-state index contributed by atoms with van der Waals surface area (Å²) in [5, 5.41) is 2.70. The summed E-state index contributed by atoms with van der Waals surface area (Å²) in [6.07, 6.45) is 2.07. The number of nitrogens with one attached hydrogen (secondary N) is 1. The van der Waals surface area contributed by atoms with Gasteiger partial charge in [-0.3, -0.25) is 4.79 Å². The van der Waals surface area contributed by atoms with Crippen molar-refractivity contribution < 1.29 is 23.8 Å². The molecule has 0 atom stereocenters. The van der Waals surface area contributed by atoms with E-state index in [2.05, 4.69) is 11.9 Å². The summed E-state index contributed by atoms with van der Waals surface area (Å²) in [4.78, 5) is 23.1. The third-order valence-electron chi connectivity index (χ3n) is 2.65. The lowest BCUT2D eigenvalue weighted by atomic mass is 10.0. The minimum Gasteiger partial charge on any atom is -0.466 e. The number of carbonyl (C=O) groups is 2. The fraction of sp³-hybridized carbons (Fsp3) is 0.333. The van der Waals surface area contributed by atoms with Crippen molar-refractivity contribution in [2.24, 2.45) is 0 Å². The Bertz CT molecular complexity index is 539. The van der Waals surface area contributed by atoms with Gasteiger partial charge in [-0.2, -0.15) is 0 Å². The molecule has 0 heterocycles. The predicted molar refractivity (Wildman–Crippen MR) is 78.5 cm³/mol. The Labute approximate surface area is 123 Å². The number of benzene rings is 1. The zero-order valence-corrected chi connectivity index (χ0v) is 12.4. The van der Waals surface area contributed by atoms with Gasteiger partial charge in [-0.1, -0.05) is 6.08 Å². The Morgan fingerprint density at radius 2 is 2.05 bits per heavy atom. The van der Waals surface area contributed by atoms with Gasteiger partial charge in [0.2, 0.25) is 5.91 Å². The monoisotopic (exact) mass is 293 g/mol. The number of hydrogen-bond acceptors (Lipinski definition) is 5. The van der Waals surface area contributed by atoms with Crippen LogP contribution in [0.4, 0.5) is 5.69 Å². The summed E-state index contributed by atoms with van der Waals surface area (Å²) in [6.45, 7) is 5.05. The first kappa shape index (κ1) is 16.7. The van der Waals surface area contributed by atoms with Gasteiger partial charge in [-0.15, -0.1) is 6.58 Å². The maximum atomic E-state index is 11.8. The summed E-state index contributed by atoms with van der Waals surface area (Å²) in [5.41, 5.74) is 1.46. The van der Waals surface area contributed by atoms with Crippen LogP contribution < -0.4 is 10.1 Å². The van der Waals surface area contributed by atoms with Gasteiger partial charge in [0.05, 0.1) is 7.11 Å². The van der Waals surface area contributed by atoms with Crippen LogP contribution in [0.15, 0.2) is 24.8 Å². The average molecular weight is 293 g/mol. The molecule has 0 saturated heterocycles. The van der Waals surface area contributed by atoms with Gasteiger partial charge in [-0.25, -0.2) is 4.79 Å². The van der Waals surface area contributed by atoms with Crippen LogP contribution in [-0.4, -0.2) is 32.9 Å². The molecule has 0 bridgehead atoms. The normalized spacial score (nSPS) is 9.86. The number of anilines is 1. The molecule has 0 radical (unpaired) electrons. The van der Waals surface area contributed by atoms with Gasteiger partial charge in [0, 0.05) is 25.3 Å². The second-order valence-corrected chi connectivity index (χ2v) is 4.18. The Hall–Kier alpha value is -2.34. The largest absolute Gasteiger partial charge is 0.466 e. The third kappa shape index (κ3) is 4.32. The predicted octanol–water partition coefficient (Wildman–Crippen LogP) is 2.14. The van der Waals surface area contributed by atoms with Crippen molar-refractivity contribution in [3.05, 3.63) is 35.9 Å². The van der Waals surface area contributed by atoms with E-state index in [1.165, 1.54) is 27.2 Å². The van der Waals surface area contributed by atoms with E-state index in [-0.39, 0.29) is 18.3 Å². The lowest BCUT2D eigenvalue weighted by Crippen LogP contribution is -2.13. The summed E-state index contributed by atoms with van der Waals surface area (Å²) in [5.74, 6) is -0.431. The van der Waals surface area contributed by atoms with Crippen molar-refractivity contribution in [3.63, 3.8) is 0 Å². The first-order chi connectivity index (χ1) is 10.0. The minimum atomic E-state index is -0.527. The molecular formula is C15H19NO5. The van der Waals surface area contributed by atoms with Crippen molar-refractivity contribution in [1.29, 1.82) is 0 Å². The molecule has 1 amide bonds. The number of ether oxygens (including phenoxy) is 3. The first-order valence-corrected chi connectivity index (χ1v) is 6.29. The van der Waals surface area contributed by atoms with E-state index in [9.17, 15) is 9.59 Å². The van der Waals surface area contributed by atoms with E-state index in [1.807, 2.05) is 0 Å². The molecule has 0 unspecified atom stereocenters. The Balaban J connectivity index is 3.40. The Kier molecular flexibility index (Phi) is 6.42. The number of allylic oxidation sites excluding steroid dienone is 1. The zero-order valence-electron chi connectivity index (χ0n) is 12.4. The standard InChI is InChI=1S/C15H19NO5/c1-5-6-11-13(16-10(2)17)8-7-12(15(18)20-4)14(11)21-9-19-3/h5,7-8H,1,6,9H2,2-4H3,(H,16,17).